The Labute approximate surface area is 188 Å². The van der Waals surface area contributed by atoms with Crippen molar-refractivity contribution in [3.05, 3.63) is 101 Å². The predicted molar refractivity (Wildman–Crippen MR) is 129 cm³/mol. The van der Waals surface area contributed by atoms with Crippen LogP contribution in [0.4, 0.5) is 0 Å². The van der Waals surface area contributed by atoms with Crippen LogP contribution in [-0.2, 0) is 17.9 Å². The molecule has 4 rings (SSSR count). The minimum absolute atomic E-state index is 0.159. The number of carbonyl (C=O) groups is 1. The smallest absolute Gasteiger partial charge is 0.244 e. The second kappa shape index (κ2) is 9.96. The molecule has 0 radical (unpaired) electrons. The van der Waals surface area contributed by atoms with Crippen LogP contribution < -0.4 is 10.1 Å². The highest BCUT2D eigenvalue weighted by Gasteiger charge is 2.11. The zero-order valence-corrected chi connectivity index (χ0v) is 18.4. The highest BCUT2D eigenvalue weighted by atomic mass is 16.5. The van der Waals surface area contributed by atoms with Crippen molar-refractivity contribution in [3.63, 3.8) is 0 Å². The third kappa shape index (κ3) is 5.24. The summed E-state index contributed by atoms with van der Waals surface area (Å²) in [6.07, 6.45) is 3.34. The fraction of sp³-hybridized carbons (Fsp3) is 0.185. The van der Waals surface area contributed by atoms with Crippen LogP contribution in [0.25, 0.3) is 17.1 Å². The molecule has 0 spiro atoms. The number of fused-ring (bicyclic) bond motifs is 1. The van der Waals surface area contributed by atoms with Crippen molar-refractivity contribution in [3.8, 4) is 5.75 Å². The molecule has 5 heteroatoms. The summed E-state index contributed by atoms with van der Waals surface area (Å²) >= 11 is 0. The van der Waals surface area contributed by atoms with Gasteiger partial charge in [0.05, 0.1) is 24.2 Å². The number of nitrogens with zero attached hydrogens (tertiary/aromatic N) is 2. The number of carbonyl (C=O) groups excluding carboxylic acids is 1. The third-order valence-corrected chi connectivity index (χ3v) is 5.23. The van der Waals surface area contributed by atoms with Gasteiger partial charge in [0, 0.05) is 12.6 Å². The summed E-state index contributed by atoms with van der Waals surface area (Å²) < 4.78 is 7.61. The van der Waals surface area contributed by atoms with Gasteiger partial charge in [0.15, 0.2) is 0 Å². The van der Waals surface area contributed by atoms with Crippen LogP contribution in [-0.4, -0.2) is 22.1 Å². The SMILES string of the molecule is CCOc1ccc(/C=C/C(=O)NCc2nc3ccccc3n2Cc2ccc(C)cc2)cc1. The summed E-state index contributed by atoms with van der Waals surface area (Å²) in [4.78, 5) is 17.2. The Morgan fingerprint density at radius 2 is 1.78 bits per heavy atom. The van der Waals surface area contributed by atoms with Gasteiger partial charge in [0.2, 0.25) is 5.91 Å². The number of hydrogen-bond donors (Lipinski definition) is 1. The van der Waals surface area contributed by atoms with Crippen molar-refractivity contribution in [2.75, 3.05) is 6.61 Å². The molecule has 1 aromatic heterocycles. The lowest BCUT2D eigenvalue weighted by molar-refractivity contribution is -0.116. The molecule has 0 atom stereocenters. The quantitative estimate of drug-likeness (QED) is 0.399. The Morgan fingerprint density at radius 3 is 2.53 bits per heavy atom. The summed E-state index contributed by atoms with van der Waals surface area (Å²) in [7, 11) is 0. The summed E-state index contributed by atoms with van der Waals surface area (Å²) in [5.74, 6) is 1.49. The second-order valence-electron chi connectivity index (χ2n) is 7.64. The van der Waals surface area contributed by atoms with Crippen LogP contribution in [0.1, 0.15) is 29.4 Å². The Morgan fingerprint density at radius 1 is 1.03 bits per heavy atom. The van der Waals surface area contributed by atoms with Gasteiger partial charge in [0.1, 0.15) is 11.6 Å². The highest BCUT2D eigenvalue weighted by molar-refractivity contribution is 5.91. The van der Waals surface area contributed by atoms with Crippen LogP contribution in [0, 0.1) is 6.92 Å². The Bertz CT molecular complexity index is 1220. The van der Waals surface area contributed by atoms with Gasteiger partial charge in [-0.15, -0.1) is 0 Å². The molecule has 1 amide bonds. The first kappa shape index (κ1) is 21.4. The number of para-hydroxylation sites is 2. The van der Waals surface area contributed by atoms with Gasteiger partial charge >= 0.3 is 0 Å². The highest BCUT2D eigenvalue weighted by Crippen LogP contribution is 2.18. The topological polar surface area (TPSA) is 56.1 Å². The van der Waals surface area contributed by atoms with E-state index in [2.05, 4.69) is 47.1 Å². The number of hydrogen-bond acceptors (Lipinski definition) is 3. The maximum absolute atomic E-state index is 12.4. The monoisotopic (exact) mass is 425 g/mol. The van der Waals surface area contributed by atoms with E-state index < -0.39 is 0 Å². The molecule has 0 aliphatic carbocycles. The van der Waals surface area contributed by atoms with Crippen molar-refractivity contribution >= 4 is 23.0 Å². The van der Waals surface area contributed by atoms with E-state index in [1.807, 2.05) is 49.4 Å². The molecule has 162 valence electrons. The second-order valence-corrected chi connectivity index (χ2v) is 7.64. The molecule has 1 heterocycles. The van der Waals surface area contributed by atoms with E-state index in [0.29, 0.717) is 19.7 Å². The van der Waals surface area contributed by atoms with Crippen LogP contribution >= 0.6 is 0 Å². The van der Waals surface area contributed by atoms with Crippen LogP contribution in [0.2, 0.25) is 0 Å². The lowest BCUT2D eigenvalue weighted by Crippen LogP contribution is -2.23. The Hall–Kier alpha value is -3.86. The third-order valence-electron chi connectivity index (χ3n) is 5.23. The lowest BCUT2D eigenvalue weighted by atomic mass is 10.1. The molecule has 0 saturated heterocycles. The summed E-state index contributed by atoms with van der Waals surface area (Å²) in [5, 5.41) is 2.96. The molecule has 1 N–H and O–H groups in total. The van der Waals surface area contributed by atoms with Gasteiger partial charge in [-0.3, -0.25) is 4.79 Å². The number of rotatable bonds is 8. The Kier molecular flexibility index (Phi) is 6.66. The van der Waals surface area contributed by atoms with Gasteiger partial charge < -0.3 is 14.6 Å². The fourth-order valence-electron chi connectivity index (χ4n) is 3.55. The van der Waals surface area contributed by atoms with E-state index in [9.17, 15) is 4.79 Å². The molecule has 0 fully saturated rings. The number of amides is 1. The van der Waals surface area contributed by atoms with Crippen LogP contribution in [0.5, 0.6) is 5.75 Å². The molecular weight excluding hydrogens is 398 g/mol. The average Bonchev–Trinajstić information content (AvgIpc) is 3.16. The normalized spacial score (nSPS) is 11.2. The van der Waals surface area contributed by atoms with Crippen molar-refractivity contribution in [1.29, 1.82) is 0 Å². The number of aromatic nitrogens is 2. The lowest BCUT2D eigenvalue weighted by Gasteiger charge is -2.10. The van der Waals surface area contributed by atoms with Crippen molar-refractivity contribution in [2.45, 2.75) is 26.9 Å². The van der Waals surface area contributed by atoms with E-state index in [0.717, 1.165) is 28.2 Å². The van der Waals surface area contributed by atoms with Gasteiger partial charge in [-0.2, -0.15) is 0 Å². The molecule has 3 aromatic carbocycles. The molecule has 4 aromatic rings. The number of imidazole rings is 1. The first-order valence-corrected chi connectivity index (χ1v) is 10.8. The zero-order chi connectivity index (χ0) is 22.3. The molecule has 0 unspecified atom stereocenters. The zero-order valence-electron chi connectivity index (χ0n) is 18.4. The van der Waals surface area contributed by atoms with Crippen LogP contribution in [0.15, 0.2) is 78.9 Å². The van der Waals surface area contributed by atoms with Gasteiger partial charge in [-0.05, 0) is 55.3 Å². The minimum Gasteiger partial charge on any atom is -0.494 e. The fourth-order valence-corrected chi connectivity index (χ4v) is 3.55. The summed E-state index contributed by atoms with van der Waals surface area (Å²) in [6, 6.07) is 24.2. The number of benzene rings is 3. The number of aryl methyl sites for hydroxylation is 1. The van der Waals surface area contributed by atoms with E-state index >= 15 is 0 Å². The molecular formula is C27H27N3O2. The molecule has 32 heavy (non-hydrogen) atoms. The summed E-state index contributed by atoms with van der Waals surface area (Å²) in [6.45, 7) is 5.72. The number of ether oxygens (including phenoxy) is 1. The molecule has 0 saturated carbocycles. The summed E-state index contributed by atoms with van der Waals surface area (Å²) in [5.41, 5.74) is 5.35. The predicted octanol–water partition coefficient (Wildman–Crippen LogP) is 5.12. The van der Waals surface area contributed by atoms with Gasteiger partial charge in [-0.1, -0.05) is 54.1 Å². The molecule has 0 aliphatic heterocycles. The van der Waals surface area contributed by atoms with Crippen molar-refractivity contribution < 1.29 is 9.53 Å². The standard InChI is InChI=1S/C27H27N3O2/c1-3-32-23-15-12-21(13-16-23)14-17-27(31)28-18-26-29-24-6-4-5-7-25(24)30(26)19-22-10-8-20(2)9-11-22/h4-17H,3,18-19H2,1-2H3,(H,28,31)/b17-14+. The van der Waals surface area contributed by atoms with Crippen molar-refractivity contribution in [2.24, 2.45) is 0 Å². The largest absolute Gasteiger partial charge is 0.494 e. The average molecular weight is 426 g/mol. The van der Waals surface area contributed by atoms with Crippen molar-refractivity contribution in [1.82, 2.24) is 14.9 Å². The van der Waals surface area contributed by atoms with E-state index in [-0.39, 0.29) is 5.91 Å². The molecule has 0 bridgehead atoms. The van der Waals surface area contributed by atoms with Crippen LogP contribution in [0.3, 0.4) is 0 Å². The molecule has 5 nitrogen and oxygen atoms in total. The maximum atomic E-state index is 12.4. The molecule has 0 aliphatic rings. The van der Waals surface area contributed by atoms with Gasteiger partial charge in [0.25, 0.3) is 0 Å². The first-order chi connectivity index (χ1) is 15.6. The number of nitrogens with one attached hydrogen (secondary N) is 1. The maximum Gasteiger partial charge on any atom is 0.244 e. The van der Waals surface area contributed by atoms with E-state index in [4.69, 9.17) is 9.72 Å². The van der Waals surface area contributed by atoms with E-state index in [1.54, 1.807) is 12.2 Å². The first-order valence-electron chi connectivity index (χ1n) is 10.8. The Balaban J connectivity index is 1.46. The van der Waals surface area contributed by atoms with E-state index in [1.165, 1.54) is 11.1 Å². The van der Waals surface area contributed by atoms with Gasteiger partial charge in [-0.25, -0.2) is 4.98 Å². The minimum atomic E-state index is -0.159.